The Hall–Kier alpha value is -2.73. The number of fused-ring (bicyclic) bond motifs is 1. The van der Waals surface area contributed by atoms with Gasteiger partial charge in [0.05, 0.1) is 6.42 Å². The number of esters is 1. The summed E-state index contributed by atoms with van der Waals surface area (Å²) in [5.41, 5.74) is 1.63. The lowest BCUT2D eigenvalue weighted by Gasteiger charge is -2.14. The minimum atomic E-state index is -0.885. The number of nitrogens with one attached hydrogen (secondary N) is 1. The second-order valence-electron chi connectivity index (χ2n) is 5.84. The zero-order valence-corrected chi connectivity index (χ0v) is 14.9. The zero-order valence-electron chi connectivity index (χ0n) is 14.2. The van der Waals surface area contributed by atoms with Crippen molar-refractivity contribution in [1.29, 1.82) is 0 Å². The van der Waals surface area contributed by atoms with Crippen LogP contribution in [0.1, 0.15) is 18.1 Å². The van der Waals surface area contributed by atoms with E-state index in [4.69, 9.17) is 25.8 Å². The molecule has 2 aromatic carbocycles. The Labute approximate surface area is 156 Å². The van der Waals surface area contributed by atoms with Crippen LogP contribution in [0.2, 0.25) is 5.02 Å². The molecule has 1 aliphatic heterocycles. The summed E-state index contributed by atoms with van der Waals surface area (Å²) < 4.78 is 15.7. The highest BCUT2D eigenvalue weighted by Crippen LogP contribution is 2.32. The quantitative estimate of drug-likeness (QED) is 0.786. The number of carbonyl (C=O) groups is 2. The van der Waals surface area contributed by atoms with E-state index >= 15 is 0 Å². The van der Waals surface area contributed by atoms with Crippen LogP contribution >= 0.6 is 11.6 Å². The molecule has 1 N–H and O–H groups in total. The number of amides is 1. The number of ether oxygens (including phenoxy) is 3. The average Bonchev–Trinajstić information content (AvgIpc) is 3.09. The molecule has 7 heteroatoms. The van der Waals surface area contributed by atoms with Crippen LogP contribution in [0, 0.1) is 0 Å². The fraction of sp³-hybridized carbons (Fsp3) is 0.263. The number of hydrogen-bond donors (Lipinski definition) is 1. The lowest BCUT2D eigenvalue weighted by Crippen LogP contribution is -2.35. The van der Waals surface area contributed by atoms with E-state index in [0.29, 0.717) is 23.1 Å². The summed E-state index contributed by atoms with van der Waals surface area (Å²) in [5.74, 6) is 0.494. The van der Waals surface area contributed by atoms with Gasteiger partial charge in [-0.25, -0.2) is 0 Å². The van der Waals surface area contributed by atoms with Gasteiger partial charge in [0.25, 0.3) is 5.91 Å². The average molecular weight is 376 g/mol. The number of halogens is 1. The third-order valence-corrected chi connectivity index (χ3v) is 4.09. The molecule has 0 unspecified atom stereocenters. The van der Waals surface area contributed by atoms with Gasteiger partial charge in [-0.1, -0.05) is 29.8 Å². The fourth-order valence-corrected chi connectivity index (χ4v) is 2.57. The van der Waals surface area contributed by atoms with Gasteiger partial charge < -0.3 is 19.5 Å². The van der Waals surface area contributed by atoms with E-state index in [2.05, 4.69) is 5.32 Å². The Kier molecular flexibility index (Phi) is 5.63. The Morgan fingerprint density at radius 1 is 1.12 bits per heavy atom. The van der Waals surface area contributed by atoms with Gasteiger partial charge in [-0.15, -0.1) is 0 Å². The number of hydrogen-bond acceptors (Lipinski definition) is 5. The van der Waals surface area contributed by atoms with Crippen LogP contribution in [0.4, 0.5) is 0 Å². The van der Waals surface area contributed by atoms with E-state index in [1.807, 2.05) is 6.07 Å². The van der Waals surface area contributed by atoms with Gasteiger partial charge in [0.1, 0.15) is 0 Å². The Morgan fingerprint density at radius 2 is 1.81 bits per heavy atom. The molecule has 0 saturated heterocycles. The predicted octanol–water partition coefficient (Wildman–Crippen LogP) is 2.86. The summed E-state index contributed by atoms with van der Waals surface area (Å²) in [4.78, 5) is 24.1. The molecule has 0 aliphatic carbocycles. The largest absolute Gasteiger partial charge is 0.454 e. The molecular formula is C19H18ClNO5. The molecule has 0 aromatic heterocycles. The lowest BCUT2D eigenvalue weighted by molar-refractivity contribution is -0.154. The molecule has 1 heterocycles. The number of carbonyl (C=O) groups excluding carboxylic acids is 2. The standard InChI is InChI=1S/C19H18ClNO5/c1-12(26-18(22)9-13-2-5-15(20)6-3-13)19(23)21-10-14-4-7-16-17(8-14)25-11-24-16/h2-8,12H,9-11H2,1H3,(H,21,23)/t12-/m1/s1. The highest BCUT2D eigenvalue weighted by Gasteiger charge is 2.18. The van der Waals surface area contributed by atoms with Crippen molar-refractivity contribution >= 4 is 23.5 Å². The molecule has 1 amide bonds. The van der Waals surface area contributed by atoms with Crippen molar-refractivity contribution in [2.24, 2.45) is 0 Å². The fourth-order valence-electron chi connectivity index (χ4n) is 2.45. The molecule has 1 atom stereocenters. The molecular weight excluding hydrogens is 358 g/mol. The van der Waals surface area contributed by atoms with Gasteiger partial charge in [0.2, 0.25) is 6.79 Å². The van der Waals surface area contributed by atoms with Crippen molar-refractivity contribution < 1.29 is 23.8 Å². The maximum atomic E-state index is 12.1. The molecule has 1 aliphatic rings. The second kappa shape index (κ2) is 8.10. The molecule has 3 rings (SSSR count). The first-order valence-electron chi connectivity index (χ1n) is 8.11. The Bertz CT molecular complexity index is 806. The minimum Gasteiger partial charge on any atom is -0.454 e. The maximum absolute atomic E-state index is 12.1. The SMILES string of the molecule is C[C@@H](OC(=O)Cc1ccc(Cl)cc1)C(=O)NCc1ccc2c(c1)OCO2. The van der Waals surface area contributed by atoms with Gasteiger partial charge in [-0.2, -0.15) is 0 Å². The van der Waals surface area contributed by atoms with Crippen molar-refractivity contribution in [3.63, 3.8) is 0 Å². The zero-order chi connectivity index (χ0) is 18.5. The highest BCUT2D eigenvalue weighted by atomic mass is 35.5. The molecule has 0 spiro atoms. The van der Waals surface area contributed by atoms with Crippen molar-refractivity contribution in [2.45, 2.75) is 26.0 Å². The summed E-state index contributed by atoms with van der Waals surface area (Å²) in [6, 6.07) is 12.3. The van der Waals surface area contributed by atoms with E-state index in [1.165, 1.54) is 6.92 Å². The predicted molar refractivity (Wildman–Crippen MR) is 95.1 cm³/mol. The first-order chi connectivity index (χ1) is 12.5. The van der Waals surface area contributed by atoms with E-state index in [0.717, 1.165) is 11.1 Å². The second-order valence-corrected chi connectivity index (χ2v) is 6.28. The molecule has 26 heavy (non-hydrogen) atoms. The minimum absolute atomic E-state index is 0.0803. The summed E-state index contributed by atoms with van der Waals surface area (Å²) in [6.07, 6.45) is -0.805. The van der Waals surface area contributed by atoms with E-state index in [9.17, 15) is 9.59 Å². The highest BCUT2D eigenvalue weighted by molar-refractivity contribution is 6.30. The third-order valence-electron chi connectivity index (χ3n) is 3.84. The van der Waals surface area contributed by atoms with E-state index < -0.39 is 12.1 Å². The van der Waals surface area contributed by atoms with Crippen LogP contribution in [0.25, 0.3) is 0 Å². The molecule has 6 nitrogen and oxygen atoms in total. The van der Waals surface area contributed by atoms with Crippen LogP contribution < -0.4 is 14.8 Å². The third kappa shape index (κ3) is 4.67. The maximum Gasteiger partial charge on any atom is 0.311 e. The van der Waals surface area contributed by atoms with E-state index in [-0.39, 0.29) is 19.1 Å². The van der Waals surface area contributed by atoms with Gasteiger partial charge in [0.15, 0.2) is 17.6 Å². The van der Waals surface area contributed by atoms with Gasteiger partial charge in [-0.3, -0.25) is 9.59 Å². The molecule has 0 saturated carbocycles. The van der Waals surface area contributed by atoms with Gasteiger partial charge >= 0.3 is 5.97 Å². The first kappa shape index (κ1) is 18.1. The smallest absolute Gasteiger partial charge is 0.311 e. The Balaban J connectivity index is 1.46. The van der Waals surface area contributed by atoms with Crippen LogP contribution in [0.3, 0.4) is 0 Å². The summed E-state index contributed by atoms with van der Waals surface area (Å²) in [5, 5.41) is 3.33. The van der Waals surface area contributed by atoms with Crippen LogP contribution in [0.5, 0.6) is 11.5 Å². The molecule has 136 valence electrons. The van der Waals surface area contributed by atoms with Crippen molar-refractivity contribution in [1.82, 2.24) is 5.32 Å². The monoisotopic (exact) mass is 375 g/mol. The van der Waals surface area contributed by atoms with Gasteiger partial charge in [-0.05, 0) is 42.3 Å². The summed E-state index contributed by atoms with van der Waals surface area (Å²) in [7, 11) is 0. The molecule has 0 fully saturated rings. The Morgan fingerprint density at radius 3 is 2.58 bits per heavy atom. The number of rotatable bonds is 6. The van der Waals surface area contributed by atoms with Crippen LogP contribution in [0.15, 0.2) is 42.5 Å². The molecule has 0 radical (unpaired) electrons. The van der Waals surface area contributed by atoms with Crippen LogP contribution in [-0.2, 0) is 27.3 Å². The lowest BCUT2D eigenvalue weighted by atomic mass is 10.1. The first-order valence-corrected chi connectivity index (χ1v) is 8.49. The summed E-state index contributed by atoms with van der Waals surface area (Å²) in [6.45, 7) is 2.04. The summed E-state index contributed by atoms with van der Waals surface area (Å²) >= 11 is 5.81. The van der Waals surface area contributed by atoms with Crippen molar-refractivity contribution in [2.75, 3.05) is 6.79 Å². The molecule has 2 aromatic rings. The topological polar surface area (TPSA) is 73.9 Å². The normalized spacial score (nSPS) is 13.2. The van der Waals surface area contributed by atoms with Gasteiger partial charge in [0, 0.05) is 11.6 Å². The van der Waals surface area contributed by atoms with Crippen LogP contribution in [-0.4, -0.2) is 24.8 Å². The number of benzene rings is 2. The van der Waals surface area contributed by atoms with Crippen molar-refractivity contribution in [3.05, 3.63) is 58.6 Å². The van der Waals surface area contributed by atoms with Crippen molar-refractivity contribution in [3.8, 4) is 11.5 Å². The van der Waals surface area contributed by atoms with E-state index in [1.54, 1.807) is 36.4 Å². The molecule has 0 bridgehead atoms.